The van der Waals surface area contributed by atoms with E-state index in [0.717, 1.165) is 5.56 Å². The monoisotopic (exact) mass is 404 g/mol. The highest BCUT2D eigenvalue weighted by Gasteiger charge is 2.23. The molecule has 2 aromatic rings. The van der Waals surface area contributed by atoms with Crippen LogP contribution in [-0.4, -0.2) is 52.1 Å². The molecule has 0 saturated carbocycles. The van der Waals surface area contributed by atoms with Gasteiger partial charge in [-0.3, -0.25) is 9.52 Å². The van der Waals surface area contributed by atoms with Crippen molar-refractivity contribution < 1.29 is 22.7 Å². The number of anilines is 1. The van der Waals surface area contributed by atoms with Gasteiger partial charge < -0.3 is 14.4 Å². The molecule has 0 bridgehead atoms. The van der Waals surface area contributed by atoms with E-state index in [-0.39, 0.29) is 10.8 Å². The molecule has 2 aromatic carbocycles. The molecule has 1 aliphatic heterocycles. The van der Waals surface area contributed by atoms with Gasteiger partial charge >= 0.3 is 0 Å². The average molecular weight is 404 g/mol. The van der Waals surface area contributed by atoms with E-state index >= 15 is 0 Å². The van der Waals surface area contributed by atoms with Crippen LogP contribution in [0, 0.1) is 6.92 Å². The van der Waals surface area contributed by atoms with E-state index in [4.69, 9.17) is 9.47 Å². The van der Waals surface area contributed by atoms with Gasteiger partial charge in [-0.15, -0.1) is 0 Å². The SMILES string of the molecule is CCOc1ccccc1NS(=O)(=O)c1ccc(C)c(C(=O)N2CCOCC2)c1. The van der Waals surface area contributed by atoms with Gasteiger partial charge in [-0.25, -0.2) is 8.42 Å². The van der Waals surface area contributed by atoms with Crippen molar-refractivity contribution in [2.45, 2.75) is 18.7 Å². The molecule has 1 amide bonds. The summed E-state index contributed by atoms with van der Waals surface area (Å²) in [5.74, 6) is 0.262. The second-order valence-corrected chi connectivity index (χ2v) is 8.10. The predicted molar refractivity (Wildman–Crippen MR) is 106 cm³/mol. The lowest BCUT2D eigenvalue weighted by Gasteiger charge is -2.27. The standard InChI is InChI=1S/C20H24N2O5S/c1-3-27-19-7-5-4-6-18(19)21-28(24,25)16-9-8-15(2)17(14-16)20(23)22-10-12-26-13-11-22/h4-9,14,21H,3,10-13H2,1-2H3. The van der Waals surface area contributed by atoms with Crippen LogP contribution in [0.1, 0.15) is 22.8 Å². The van der Waals surface area contributed by atoms with Gasteiger partial charge in [0.25, 0.3) is 15.9 Å². The molecule has 150 valence electrons. The highest BCUT2D eigenvalue weighted by atomic mass is 32.2. The van der Waals surface area contributed by atoms with E-state index in [1.165, 1.54) is 12.1 Å². The lowest BCUT2D eigenvalue weighted by atomic mass is 10.1. The van der Waals surface area contributed by atoms with Crippen molar-refractivity contribution in [1.29, 1.82) is 0 Å². The molecule has 1 N–H and O–H groups in total. The number of para-hydroxylation sites is 2. The Morgan fingerprint density at radius 2 is 1.89 bits per heavy atom. The first kappa shape index (κ1) is 20.2. The van der Waals surface area contributed by atoms with Crippen molar-refractivity contribution in [2.75, 3.05) is 37.6 Å². The van der Waals surface area contributed by atoms with E-state index < -0.39 is 10.0 Å². The Morgan fingerprint density at radius 1 is 1.18 bits per heavy atom. The predicted octanol–water partition coefficient (Wildman–Crippen LogP) is 2.67. The number of hydrogen-bond donors (Lipinski definition) is 1. The van der Waals surface area contributed by atoms with Crippen molar-refractivity contribution in [1.82, 2.24) is 4.90 Å². The first-order valence-electron chi connectivity index (χ1n) is 9.14. The van der Waals surface area contributed by atoms with Crippen molar-refractivity contribution in [3.8, 4) is 5.75 Å². The van der Waals surface area contributed by atoms with Crippen LogP contribution in [0.25, 0.3) is 0 Å². The van der Waals surface area contributed by atoms with E-state index in [9.17, 15) is 13.2 Å². The van der Waals surface area contributed by atoms with Crippen LogP contribution in [0.2, 0.25) is 0 Å². The lowest BCUT2D eigenvalue weighted by molar-refractivity contribution is 0.0302. The fourth-order valence-corrected chi connectivity index (χ4v) is 4.07. The molecule has 0 radical (unpaired) electrons. The zero-order valence-corrected chi connectivity index (χ0v) is 16.8. The van der Waals surface area contributed by atoms with Gasteiger partial charge in [-0.2, -0.15) is 0 Å². The third-order valence-corrected chi connectivity index (χ3v) is 5.84. The molecular weight excluding hydrogens is 380 g/mol. The molecule has 8 heteroatoms. The van der Waals surface area contributed by atoms with E-state index in [1.807, 2.05) is 6.92 Å². The number of carbonyl (C=O) groups excluding carboxylic acids is 1. The summed E-state index contributed by atoms with van der Waals surface area (Å²) in [4.78, 5) is 14.5. The second kappa shape index (κ2) is 8.62. The van der Waals surface area contributed by atoms with Gasteiger partial charge in [0.1, 0.15) is 5.75 Å². The van der Waals surface area contributed by atoms with Gasteiger partial charge in [-0.1, -0.05) is 18.2 Å². The highest BCUT2D eigenvalue weighted by molar-refractivity contribution is 7.92. The van der Waals surface area contributed by atoms with Crippen LogP contribution in [0.3, 0.4) is 0 Å². The Labute approximate surface area is 165 Å². The number of carbonyl (C=O) groups is 1. The average Bonchev–Trinajstić information content (AvgIpc) is 2.70. The lowest BCUT2D eigenvalue weighted by Crippen LogP contribution is -2.41. The quantitative estimate of drug-likeness (QED) is 0.800. The van der Waals surface area contributed by atoms with Gasteiger partial charge in [0.15, 0.2) is 0 Å². The number of benzene rings is 2. The normalized spacial score (nSPS) is 14.6. The fraction of sp³-hybridized carbons (Fsp3) is 0.350. The number of morpholine rings is 1. The molecule has 0 atom stereocenters. The first-order chi connectivity index (χ1) is 13.4. The summed E-state index contributed by atoms with van der Waals surface area (Å²) in [6.07, 6.45) is 0. The number of rotatable bonds is 6. The Morgan fingerprint density at radius 3 is 2.61 bits per heavy atom. The van der Waals surface area contributed by atoms with Gasteiger partial charge in [0, 0.05) is 18.7 Å². The fourth-order valence-electron chi connectivity index (χ4n) is 2.97. The Bertz CT molecular complexity index is 953. The van der Waals surface area contributed by atoms with Crippen LogP contribution in [0.5, 0.6) is 5.75 Å². The molecule has 1 aliphatic rings. The number of amides is 1. The minimum atomic E-state index is -3.88. The van der Waals surface area contributed by atoms with Gasteiger partial charge in [-0.05, 0) is 43.7 Å². The van der Waals surface area contributed by atoms with E-state index in [2.05, 4.69) is 4.72 Å². The second-order valence-electron chi connectivity index (χ2n) is 6.42. The Hall–Kier alpha value is -2.58. The van der Waals surface area contributed by atoms with E-state index in [1.54, 1.807) is 42.2 Å². The third kappa shape index (κ3) is 4.45. The minimum absolute atomic E-state index is 0.0287. The van der Waals surface area contributed by atoms with E-state index in [0.29, 0.717) is 49.9 Å². The summed E-state index contributed by atoms with van der Waals surface area (Å²) < 4.78 is 39.1. The van der Waals surface area contributed by atoms with Crippen molar-refractivity contribution in [3.63, 3.8) is 0 Å². The first-order valence-corrected chi connectivity index (χ1v) is 10.6. The summed E-state index contributed by atoms with van der Waals surface area (Å²) >= 11 is 0. The number of nitrogens with one attached hydrogen (secondary N) is 1. The summed E-state index contributed by atoms with van der Waals surface area (Å²) in [6, 6.07) is 11.4. The molecule has 28 heavy (non-hydrogen) atoms. The van der Waals surface area contributed by atoms with Crippen molar-refractivity contribution in [2.24, 2.45) is 0 Å². The maximum Gasteiger partial charge on any atom is 0.262 e. The minimum Gasteiger partial charge on any atom is -0.492 e. The number of sulfonamides is 1. The molecule has 1 saturated heterocycles. The third-order valence-electron chi connectivity index (χ3n) is 4.48. The molecule has 1 heterocycles. The molecule has 0 spiro atoms. The maximum atomic E-state index is 12.9. The molecule has 0 aliphatic carbocycles. The Balaban J connectivity index is 1.89. The Kier molecular flexibility index (Phi) is 6.21. The van der Waals surface area contributed by atoms with Crippen LogP contribution in [-0.2, 0) is 14.8 Å². The number of hydrogen-bond acceptors (Lipinski definition) is 5. The molecule has 7 nitrogen and oxygen atoms in total. The van der Waals surface area contributed by atoms with Gasteiger partial charge in [0.05, 0.1) is 30.4 Å². The highest BCUT2D eigenvalue weighted by Crippen LogP contribution is 2.27. The largest absolute Gasteiger partial charge is 0.492 e. The molecule has 0 aromatic heterocycles. The summed E-state index contributed by atoms with van der Waals surface area (Å²) in [7, 11) is -3.88. The zero-order valence-electron chi connectivity index (χ0n) is 16.0. The van der Waals surface area contributed by atoms with Crippen LogP contribution in [0.4, 0.5) is 5.69 Å². The van der Waals surface area contributed by atoms with Crippen molar-refractivity contribution >= 4 is 21.6 Å². The van der Waals surface area contributed by atoms with Gasteiger partial charge in [0.2, 0.25) is 0 Å². The topological polar surface area (TPSA) is 84.9 Å². The number of aryl methyl sites for hydroxylation is 1. The molecule has 0 unspecified atom stereocenters. The molecule has 3 rings (SSSR count). The maximum absolute atomic E-state index is 12.9. The number of nitrogens with zero attached hydrogens (tertiary/aromatic N) is 1. The zero-order chi connectivity index (χ0) is 20.1. The number of ether oxygens (including phenoxy) is 2. The van der Waals surface area contributed by atoms with Crippen molar-refractivity contribution in [3.05, 3.63) is 53.6 Å². The summed E-state index contributed by atoms with van der Waals surface area (Å²) in [6.45, 7) is 6.00. The smallest absolute Gasteiger partial charge is 0.262 e. The molecule has 1 fully saturated rings. The summed E-state index contributed by atoms with van der Waals surface area (Å²) in [5, 5.41) is 0. The van der Waals surface area contributed by atoms with Crippen LogP contribution in [0.15, 0.2) is 47.4 Å². The van der Waals surface area contributed by atoms with Crippen LogP contribution < -0.4 is 9.46 Å². The molecular formula is C20H24N2O5S. The van der Waals surface area contributed by atoms with Crippen LogP contribution >= 0.6 is 0 Å². The summed E-state index contributed by atoms with van der Waals surface area (Å²) in [5.41, 5.74) is 1.46.